The summed E-state index contributed by atoms with van der Waals surface area (Å²) in [7, 11) is 0. The van der Waals surface area contributed by atoms with Gasteiger partial charge in [-0.3, -0.25) is 24.1 Å². The van der Waals surface area contributed by atoms with Crippen molar-refractivity contribution in [2.45, 2.75) is 5.79 Å². The monoisotopic (exact) mass is 750 g/mol. The first-order valence-electron chi connectivity index (χ1n) is 16.7. The molecule has 3 aliphatic heterocycles. The molecule has 0 aromatic heterocycles. The maximum Gasteiger partial charge on any atom is 0.246 e. The quantitative estimate of drug-likeness (QED) is 0.165. The summed E-state index contributed by atoms with van der Waals surface area (Å²) in [6.07, 6.45) is 4.57. The molecule has 2 unspecified atom stereocenters. The summed E-state index contributed by atoms with van der Waals surface area (Å²) >= 11 is 0. The van der Waals surface area contributed by atoms with Gasteiger partial charge in [-0.15, -0.1) is 0 Å². The highest BCUT2D eigenvalue weighted by Crippen LogP contribution is 2.45. The minimum absolute atomic E-state index is 0.0217. The normalized spacial score (nSPS) is 23.0. The number of allylic oxidation sites excluding steroid dienone is 2. The van der Waals surface area contributed by atoms with Gasteiger partial charge in [0.05, 0.1) is 11.3 Å². The molecule has 0 spiro atoms. The lowest BCUT2D eigenvalue weighted by Crippen LogP contribution is -2.60. The highest BCUT2D eigenvalue weighted by molar-refractivity contribution is 5.98. The van der Waals surface area contributed by atoms with E-state index in [2.05, 4.69) is 19.7 Å². The zero-order chi connectivity index (χ0) is 38.8. The fraction of sp³-hybridized carbons (Fsp3) is 0.389. The van der Waals surface area contributed by atoms with Gasteiger partial charge in [0.15, 0.2) is 40.7 Å². The summed E-state index contributed by atoms with van der Waals surface area (Å²) in [6.45, 7) is 9.22. The van der Waals surface area contributed by atoms with E-state index in [0.29, 0.717) is 12.2 Å². The number of carbonyl (C=O) groups excluding carboxylic acids is 4. The molecule has 0 N–H and O–H groups in total. The van der Waals surface area contributed by atoms with E-state index in [1.54, 1.807) is 0 Å². The predicted molar refractivity (Wildman–Crippen MR) is 181 cm³/mol. The molecular weight excluding hydrogens is 713 g/mol. The summed E-state index contributed by atoms with van der Waals surface area (Å²) < 4.78 is 111. The number of hydrogen-bond acceptors (Lipinski definition) is 7. The second kappa shape index (κ2) is 15.8. The Bertz CT molecular complexity index is 1780. The number of anilines is 1. The molecule has 284 valence electrons. The molecule has 4 aliphatic rings. The molecule has 17 heteroatoms. The van der Waals surface area contributed by atoms with E-state index < -0.39 is 87.1 Å². The number of amides is 3. The van der Waals surface area contributed by atoms with Gasteiger partial charge in [0.2, 0.25) is 23.5 Å². The molecule has 1 aromatic carbocycles. The van der Waals surface area contributed by atoms with Crippen LogP contribution in [0.3, 0.4) is 0 Å². The number of hydrogen-bond donors (Lipinski definition) is 0. The third-order valence-corrected chi connectivity index (χ3v) is 9.84. The average Bonchev–Trinajstić information content (AvgIpc) is 3.18. The number of nitrogens with zero attached hydrogens (tertiary/aromatic N) is 6. The molecule has 1 aromatic rings. The molecule has 2 atom stereocenters. The van der Waals surface area contributed by atoms with Crippen molar-refractivity contribution in [3.05, 3.63) is 96.3 Å². The molecule has 5 rings (SSSR count). The third kappa shape index (κ3) is 7.39. The smallest absolute Gasteiger partial charge is 0.246 e. The SMILES string of the molecule is C=CC(=O)N1CCN(C2=CC(F)(N3CCN(C(=O)C=C)CC3)C(C(=O)C=Cc3c(F)c(F)c(N4CCN(C(=O)C=C)CC4)c(F)c3F)C(F)=C2F)CC1. The number of ketones is 1. The van der Waals surface area contributed by atoms with E-state index in [4.69, 9.17) is 0 Å². The Hall–Kier alpha value is -5.19. The van der Waals surface area contributed by atoms with Gasteiger partial charge in [-0.2, -0.15) is 0 Å². The van der Waals surface area contributed by atoms with Gasteiger partial charge in [0.25, 0.3) is 0 Å². The first-order valence-corrected chi connectivity index (χ1v) is 16.7. The maximum absolute atomic E-state index is 17.5. The average molecular weight is 751 g/mol. The van der Waals surface area contributed by atoms with E-state index in [0.717, 1.165) is 34.1 Å². The Morgan fingerprint density at radius 3 is 1.47 bits per heavy atom. The van der Waals surface area contributed by atoms with Crippen molar-refractivity contribution in [3.63, 3.8) is 0 Å². The number of carbonyl (C=O) groups is 4. The zero-order valence-corrected chi connectivity index (χ0v) is 28.6. The van der Waals surface area contributed by atoms with Crippen LogP contribution in [0.15, 0.2) is 67.5 Å². The van der Waals surface area contributed by atoms with Crippen LogP contribution >= 0.6 is 0 Å². The van der Waals surface area contributed by atoms with Crippen molar-refractivity contribution in [2.24, 2.45) is 5.92 Å². The lowest BCUT2D eigenvalue weighted by molar-refractivity contribution is -0.137. The number of rotatable bonds is 9. The zero-order valence-electron chi connectivity index (χ0n) is 28.6. The molecular formula is C36H37F7N6O4. The highest BCUT2D eigenvalue weighted by atomic mass is 19.2. The van der Waals surface area contributed by atoms with Crippen LogP contribution in [0.5, 0.6) is 0 Å². The molecule has 3 fully saturated rings. The predicted octanol–water partition coefficient (Wildman–Crippen LogP) is 3.65. The van der Waals surface area contributed by atoms with E-state index in [-0.39, 0.29) is 78.5 Å². The van der Waals surface area contributed by atoms with Crippen LogP contribution in [0.1, 0.15) is 5.56 Å². The van der Waals surface area contributed by atoms with Crippen LogP contribution < -0.4 is 4.90 Å². The number of benzene rings is 1. The molecule has 53 heavy (non-hydrogen) atoms. The van der Waals surface area contributed by atoms with E-state index in [1.807, 2.05) is 0 Å². The first-order chi connectivity index (χ1) is 25.2. The largest absolute Gasteiger partial charge is 0.366 e. The molecule has 3 heterocycles. The Balaban J connectivity index is 1.46. The van der Waals surface area contributed by atoms with Crippen molar-refractivity contribution in [3.8, 4) is 0 Å². The minimum Gasteiger partial charge on any atom is -0.366 e. The fourth-order valence-electron chi connectivity index (χ4n) is 6.89. The molecule has 0 radical (unpaired) electrons. The summed E-state index contributed by atoms with van der Waals surface area (Å²) in [5, 5.41) is 0. The fourth-order valence-corrected chi connectivity index (χ4v) is 6.89. The third-order valence-electron chi connectivity index (χ3n) is 9.84. The van der Waals surface area contributed by atoms with Crippen molar-refractivity contribution in [1.29, 1.82) is 0 Å². The Morgan fingerprint density at radius 2 is 1.04 bits per heavy atom. The summed E-state index contributed by atoms with van der Waals surface area (Å²) in [6, 6.07) is 0. The molecule has 3 saturated heterocycles. The Kier molecular flexibility index (Phi) is 11.6. The van der Waals surface area contributed by atoms with Gasteiger partial charge in [0, 0.05) is 78.5 Å². The van der Waals surface area contributed by atoms with Gasteiger partial charge < -0.3 is 24.5 Å². The molecule has 0 bridgehead atoms. The van der Waals surface area contributed by atoms with Crippen molar-refractivity contribution in [2.75, 3.05) is 83.4 Å². The van der Waals surface area contributed by atoms with Crippen molar-refractivity contribution in [1.82, 2.24) is 24.5 Å². The number of alkyl halides is 1. The van der Waals surface area contributed by atoms with Crippen LogP contribution in [0, 0.1) is 29.2 Å². The number of halogens is 7. The molecule has 1 aliphatic carbocycles. The van der Waals surface area contributed by atoms with Crippen LogP contribution in [0.2, 0.25) is 0 Å². The second-order valence-electron chi connectivity index (χ2n) is 12.7. The topological polar surface area (TPSA) is 87.7 Å². The van der Waals surface area contributed by atoms with Crippen LogP contribution in [-0.2, 0) is 19.2 Å². The Morgan fingerprint density at radius 1 is 0.623 bits per heavy atom. The summed E-state index contributed by atoms with van der Waals surface area (Å²) in [4.78, 5) is 57.1. The number of piperazine rings is 3. The van der Waals surface area contributed by atoms with Gasteiger partial charge in [0.1, 0.15) is 11.6 Å². The van der Waals surface area contributed by atoms with Gasteiger partial charge >= 0.3 is 0 Å². The van der Waals surface area contributed by atoms with E-state index in [9.17, 15) is 19.2 Å². The Labute approximate surface area is 301 Å². The van der Waals surface area contributed by atoms with Gasteiger partial charge in [-0.05, 0) is 36.5 Å². The lowest BCUT2D eigenvalue weighted by atomic mass is 9.83. The van der Waals surface area contributed by atoms with Crippen LogP contribution in [0.25, 0.3) is 6.08 Å². The van der Waals surface area contributed by atoms with Crippen LogP contribution in [-0.4, -0.2) is 132 Å². The van der Waals surface area contributed by atoms with Crippen LogP contribution in [0.4, 0.5) is 36.4 Å². The van der Waals surface area contributed by atoms with Gasteiger partial charge in [-0.1, -0.05) is 19.7 Å². The van der Waals surface area contributed by atoms with E-state index >= 15 is 30.7 Å². The highest BCUT2D eigenvalue weighted by Gasteiger charge is 2.54. The van der Waals surface area contributed by atoms with Crippen molar-refractivity contribution >= 4 is 35.3 Å². The standard InChI is InChI=1S/C36H37F7N6O4/c1-4-25(51)45-11-9-44(10-12-45)23-21-36(43,49-19-17-47(18-20-49)27(53)6-3)28(32(40)31(23)39)24(50)8-7-22-29(37)33(41)35(34(42)30(22)38)48-15-13-46(14-16-48)26(52)5-2/h4-8,21,28H,1-3,9-20H2. The molecule has 0 saturated carbocycles. The first kappa shape index (κ1) is 39.0. The van der Waals surface area contributed by atoms with Gasteiger partial charge in [-0.25, -0.2) is 30.7 Å². The second-order valence-corrected chi connectivity index (χ2v) is 12.7. The summed E-state index contributed by atoms with van der Waals surface area (Å²) in [5.41, 5.74) is -2.93. The summed E-state index contributed by atoms with van der Waals surface area (Å²) in [5.74, 6) is -19.3. The maximum atomic E-state index is 17.5. The molecule has 3 amide bonds. The lowest BCUT2D eigenvalue weighted by Gasteiger charge is -2.46. The van der Waals surface area contributed by atoms with Crippen molar-refractivity contribution < 1.29 is 49.9 Å². The molecule has 10 nitrogen and oxygen atoms in total. The van der Waals surface area contributed by atoms with E-state index in [1.165, 1.54) is 19.6 Å². The minimum atomic E-state index is -3.10.